The van der Waals surface area contributed by atoms with Crippen molar-refractivity contribution >= 4 is 5.97 Å². The Bertz CT molecular complexity index is 402. The molecule has 0 bridgehead atoms. The average molecular weight is 234 g/mol. The first-order chi connectivity index (χ1) is 7.93. The van der Waals surface area contributed by atoms with Crippen molar-refractivity contribution in [3.05, 3.63) is 42.0 Å². The summed E-state index contributed by atoms with van der Waals surface area (Å²) in [5, 5.41) is 8.61. The van der Waals surface area contributed by atoms with Crippen molar-refractivity contribution in [2.45, 2.75) is 20.3 Å². The van der Waals surface area contributed by atoms with Gasteiger partial charge in [0.15, 0.2) is 0 Å². The molecule has 0 aliphatic carbocycles. The van der Waals surface area contributed by atoms with Crippen molar-refractivity contribution in [3.63, 3.8) is 0 Å². The van der Waals surface area contributed by atoms with Gasteiger partial charge in [0.2, 0.25) is 0 Å². The second-order valence-electron chi connectivity index (χ2n) is 4.69. The fourth-order valence-corrected chi connectivity index (χ4v) is 1.63. The van der Waals surface area contributed by atoms with Crippen molar-refractivity contribution in [2.24, 2.45) is 5.41 Å². The van der Waals surface area contributed by atoms with Crippen molar-refractivity contribution < 1.29 is 14.6 Å². The van der Waals surface area contributed by atoms with Gasteiger partial charge in [0.25, 0.3) is 0 Å². The Morgan fingerprint density at radius 2 is 1.94 bits per heavy atom. The second kappa shape index (κ2) is 5.53. The summed E-state index contributed by atoms with van der Waals surface area (Å²) in [5.74, 6) is -0.0829. The number of ether oxygens (including phenoxy) is 1. The van der Waals surface area contributed by atoms with Crippen molar-refractivity contribution in [2.75, 3.05) is 7.11 Å². The Balaban J connectivity index is 2.71. The van der Waals surface area contributed by atoms with Crippen LogP contribution >= 0.6 is 0 Å². The van der Waals surface area contributed by atoms with Crippen LogP contribution < -0.4 is 4.74 Å². The molecule has 0 aliphatic heterocycles. The first kappa shape index (κ1) is 13.3. The van der Waals surface area contributed by atoms with Gasteiger partial charge in [-0.05, 0) is 29.5 Å². The molecule has 17 heavy (non-hydrogen) atoms. The van der Waals surface area contributed by atoms with Crippen LogP contribution in [0.5, 0.6) is 5.75 Å². The fourth-order valence-electron chi connectivity index (χ4n) is 1.63. The lowest BCUT2D eigenvalue weighted by atomic mass is 9.85. The number of hydrogen-bond acceptors (Lipinski definition) is 2. The Labute approximate surface area is 102 Å². The lowest BCUT2D eigenvalue weighted by Crippen LogP contribution is -2.12. The van der Waals surface area contributed by atoms with Gasteiger partial charge in [-0.25, -0.2) is 4.79 Å². The van der Waals surface area contributed by atoms with E-state index in [2.05, 4.69) is 0 Å². The molecule has 0 amide bonds. The smallest absolute Gasteiger partial charge is 0.327 e. The third-order valence-electron chi connectivity index (χ3n) is 2.50. The average Bonchev–Trinajstić information content (AvgIpc) is 2.27. The van der Waals surface area contributed by atoms with E-state index in [1.807, 2.05) is 38.1 Å². The number of carboxylic acids is 1. The van der Waals surface area contributed by atoms with Gasteiger partial charge in [-0.2, -0.15) is 0 Å². The first-order valence-corrected chi connectivity index (χ1v) is 5.48. The fraction of sp³-hybridized carbons (Fsp3) is 0.357. The lowest BCUT2D eigenvalue weighted by Gasteiger charge is -2.20. The van der Waals surface area contributed by atoms with E-state index >= 15 is 0 Å². The number of aliphatic carboxylic acids is 1. The van der Waals surface area contributed by atoms with Gasteiger partial charge in [-0.15, -0.1) is 0 Å². The highest BCUT2D eigenvalue weighted by Crippen LogP contribution is 2.24. The lowest BCUT2D eigenvalue weighted by molar-refractivity contribution is -0.131. The molecule has 0 heterocycles. The summed E-state index contributed by atoms with van der Waals surface area (Å²) in [6.45, 7) is 4.02. The van der Waals surface area contributed by atoms with E-state index in [0.717, 1.165) is 17.7 Å². The summed E-state index contributed by atoms with van der Waals surface area (Å²) in [7, 11) is 1.63. The highest BCUT2D eigenvalue weighted by molar-refractivity contribution is 5.79. The SMILES string of the molecule is COc1ccc(CC(C)(C)/C=C/C(=O)O)cc1. The molecule has 0 spiro atoms. The van der Waals surface area contributed by atoms with E-state index in [1.54, 1.807) is 13.2 Å². The zero-order valence-corrected chi connectivity index (χ0v) is 10.4. The molecule has 0 fully saturated rings. The summed E-state index contributed by atoms with van der Waals surface area (Å²) in [4.78, 5) is 10.5. The van der Waals surface area contributed by atoms with Gasteiger partial charge >= 0.3 is 5.97 Å². The molecule has 92 valence electrons. The third kappa shape index (κ3) is 4.72. The molecule has 1 aromatic rings. The van der Waals surface area contributed by atoms with Gasteiger partial charge in [0.05, 0.1) is 7.11 Å². The van der Waals surface area contributed by atoms with Crippen LogP contribution in [-0.2, 0) is 11.2 Å². The van der Waals surface area contributed by atoms with Gasteiger partial charge in [0.1, 0.15) is 5.75 Å². The molecule has 0 aromatic heterocycles. The van der Waals surface area contributed by atoms with E-state index in [-0.39, 0.29) is 5.41 Å². The maximum atomic E-state index is 10.5. The molecule has 1 N–H and O–H groups in total. The van der Waals surface area contributed by atoms with Crippen LogP contribution in [0.1, 0.15) is 19.4 Å². The van der Waals surface area contributed by atoms with Gasteiger partial charge < -0.3 is 9.84 Å². The topological polar surface area (TPSA) is 46.5 Å². The molecule has 0 unspecified atom stereocenters. The predicted octanol–water partition coefficient (Wildman–Crippen LogP) is 2.90. The number of hydrogen-bond donors (Lipinski definition) is 1. The van der Waals surface area contributed by atoms with Crippen molar-refractivity contribution in [3.8, 4) is 5.75 Å². The Hall–Kier alpha value is -1.77. The van der Waals surface area contributed by atoms with E-state index in [1.165, 1.54) is 6.08 Å². The summed E-state index contributed by atoms with van der Waals surface area (Å²) < 4.78 is 5.09. The Kier molecular flexibility index (Phi) is 4.32. The van der Waals surface area contributed by atoms with E-state index < -0.39 is 5.97 Å². The molecule has 3 heteroatoms. The van der Waals surface area contributed by atoms with Crippen LogP contribution in [0.2, 0.25) is 0 Å². The molecule has 1 aromatic carbocycles. The molecular formula is C14H18O3. The zero-order valence-electron chi connectivity index (χ0n) is 10.4. The van der Waals surface area contributed by atoms with Crippen LogP contribution in [0.3, 0.4) is 0 Å². The van der Waals surface area contributed by atoms with Crippen molar-refractivity contribution in [1.29, 1.82) is 0 Å². The van der Waals surface area contributed by atoms with Gasteiger partial charge in [-0.1, -0.05) is 32.1 Å². The minimum atomic E-state index is -0.909. The third-order valence-corrected chi connectivity index (χ3v) is 2.50. The van der Waals surface area contributed by atoms with E-state index in [4.69, 9.17) is 9.84 Å². The van der Waals surface area contributed by atoms with Gasteiger partial charge in [0, 0.05) is 6.08 Å². The summed E-state index contributed by atoms with van der Waals surface area (Å²) in [5.41, 5.74) is 0.985. The van der Waals surface area contributed by atoms with E-state index in [0.29, 0.717) is 0 Å². The summed E-state index contributed by atoms with van der Waals surface area (Å²) in [6, 6.07) is 7.81. The molecule has 0 atom stereocenters. The quantitative estimate of drug-likeness (QED) is 0.797. The largest absolute Gasteiger partial charge is 0.497 e. The molecule has 1 rings (SSSR count). The Morgan fingerprint density at radius 3 is 2.41 bits per heavy atom. The number of methoxy groups -OCH3 is 1. The standard InChI is InChI=1S/C14H18O3/c1-14(2,9-8-13(15)16)10-11-4-6-12(17-3)7-5-11/h4-9H,10H2,1-3H3,(H,15,16)/b9-8+. The molecule has 3 nitrogen and oxygen atoms in total. The highest BCUT2D eigenvalue weighted by atomic mass is 16.5. The maximum absolute atomic E-state index is 10.5. The first-order valence-electron chi connectivity index (χ1n) is 5.48. The van der Waals surface area contributed by atoms with Gasteiger partial charge in [-0.3, -0.25) is 0 Å². The minimum absolute atomic E-state index is 0.174. The van der Waals surface area contributed by atoms with E-state index in [9.17, 15) is 4.79 Å². The van der Waals surface area contributed by atoms with Crippen molar-refractivity contribution in [1.82, 2.24) is 0 Å². The monoisotopic (exact) mass is 234 g/mol. The molecule has 0 radical (unpaired) electrons. The van der Waals surface area contributed by atoms with Crippen LogP contribution in [0.4, 0.5) is 0 Å². The second-order valence-corrected chi connectivity index (χ2v) is 4.69. The Morgan fingerprint density at radius 1 is 1.35 bits per heavy atom. The predicted molar refractivity (Wildman–Crippen MR) is 67.3 cm³/mol. The minimum Gasteiger partial charge on any atom is -0.497 e. The number of rotatable bonds is 5. The highest BCUT2D eigenvalue weighted by Gasteiger charge is 2.15. The number of benzene rings is 1. The summed E-state index contributed by atoms with van der Waals surface area (Å²) in [6.07, 6.45) is 3.71. The summed E-state index contributed by atoms with van der Waals surface area (Å²) >= 11 is 0. The molecule has 0 saturated carbocycles. The zero-order chi connectivity index (χ0) is 12.9. The number of carbonyl (C=O) groups is 1. The van der Waals surface area contributed by atoms with Crippen LogP contribution in [-0.4, -0.2) is 18.2 Å². The molecule has 0 aliphatic rings. The van der Waals surface area contributed by atoms with Crippen LogP contribution in [0.25, 0.3) is 0 Å². The number of carboxylic acid groups (broad SMARTS) is 1. The number of allylic oxidation sites excluding steroid dienone is 1. The molecule has 0 saturated heterocycles. The van der Waals surface area contributed by atoms with Crippen LogP contribution in [0, 0.1) is 5.41 Å². The molecular weight excluding hydrogens is 216 g/mol. The maximum Gasteiger partial charge on any atom is 0.327 e. The normalized spacial score (nSPS) is 11.7. The van der Waals surface area contributed by atoms with Crippen LogP contribution in [0.15, 0.2) is 36.4 Å².